The van der Waals surface area contributed by atoms with Crippen LogP contribution in [0.25, 0.3) is 0 Å². The minimum atomic E-state index is -0.171. The van der Waals surface area contributed by atoms with Crippen molar-refractivity contribution >= 4 is 18.3 Å². The average Bonchev–Trinajstić information content (AvgIpc) is 2.16. The van der Waals surface area contributed by atoms with E-state index in [1.54, 1.807) is 12.4 Å². The molecule has 1 aromatic rings. The fourth-order valence-electron chi connectivity index (χ4n) is 1.77. The van der Waals surface area contributed by atoms with Gasteiger partial charge < -0.3 is 10.6 Å². The quantitative estimate of drug-likeness (QED) is 0.834. The molecule has 2 rings (SSSR count). The van der Waals surface area contributed by atoms with Crippen molar-refractivity contribution in [2.75, 3.05) is 19.6 Å². The van der Waals surface area contributed by atoms with Gasteiger partial charge in [-0.2, -0.15) is 0 Å². The lowest BCUT2D eigenvalue weighted by Crippen LogP contribution is -2.52. The fourth-order valence-corrected chi connectivity index (χ4v) is 1.77. The second-order valence-electron chi connectivity index (χ2n) is 3.96. The molecular formula is C11H16ClN3O. The molecule has 2 N–H and O–H groups in total. The van der Waals surface area contributed by atoms with E-state index in [-0.39, 0.29) is 24.2 Å². The van der Waals surface area contributed by atoms with Crippen LogP contribution in [0.5, 0.6) is 0 Å². The summed E-state index contributed by atoms with van der Waals surface area (Å²) in [5.41, 5.74) is 6.48. The highest BCUT2D eigenvalue weighted by molar-refractivity contribution is 5.85. The summed E-state index contributed by atoms with van der Waals surface area (Å²) in [6.45, 7) is 2.63. The third-order valence-corrected chi connectivity index (χ3v) is 2.83. The van der Waals surface area contributed by atoms with Crippen molar-refractivity contribution in [2.45, 2.75) is 6.42 Å². The maximum Gasteiger partial charge on any atom is 0.223 e. The van der Waals surface area contributed by atoms with Crippen molar-refractivity contribution in [3.8, 4) is 0 Å². The Labute approximate surface area is 101 Å². The van der Waals surface area contributed by atoms with Crippen molar-refractivity contribution in [3.05, 3.63) is 30.1 Å². The number of halogens is 1. The van der Waals surface area contributed by atoms with Crippen LogP contribution >= 0.6 is 12.4 Å². The number of hydrogen-bond donors (Lipinski definition) is 1. The van der Waals surface area contributed by atoms with Crippen LogP contribution in [0.3, 0.4) is 0 Å². The van der Waals surface area contributed by atoms with Crippen molar-refractivity contribution < 1.29 is 4.79 Å². The van der Waals surface area contributed by atoms with Crippen molar-refractivity contribution in [3.63, 3.8) is 0 Å². The van der Waals surface area contributed by atoms with Gasteiger partial charge in [-0.3, -0.25) is 9.78 Å². The molecule has 4 nitrogen and oxygen atoms in total. The zero-order valence-corrected chi connectivity index (χ0v) is 9.82. The van der Waals surface area contributed by atoms with Crippen molar-refractivity contribution in [1.29, 1.82) is 0 Å². The van der Waals surface area contributed by atoms with Gasteiger partial charge in [-0.15, -0.1) is 12.4 Å². The number of carbonyl (C=O) groups excluding carboxylic acids is 1. The summed E-state index contributed by atoms with van der Waals surface area (Å²) in [5.74, 6) is -0.0994. The molecule has 0 bridgehead atoms. The highest BCUT2D eigenvalue weighted by Crippen LogP contribution is 2.15. The summed E-state index contributed by atoms with van der Waals surface area (Å²) >= 11 is 0. The van der Waals surface area contributed by atoms with E-state index >= 15 is 0 Å². The largest absolute Gasteiger partial charge is 0.369 e. The summed E-state index contributed by atoms with van der Waals surface area (Å²) < 4.78 is 0. The molecule has 1 aliphatic rings. The minimum absolute atomic E-state index is 0. The first kappa shape index (κ1) is 12.9. The lowest BCUT2D eigenvalue weighted by Gasteiger charge is -2.37. The van der Waals surface area contributed by atoms with Gasteiger partial charge in [0.25, 0.3) is 0 Å². The Hall–Kier alpha value is -1.13. The Kier molecular flexibility index (Phi) is 4.71. The summed E-state index contributed by atoms with van der Waals surface area (Å²) in [6.07, 6.45) is 4.61. The van der Waals surface area contributed by atoms with Gasteiger partial charge in [-0.25, -0.2) is 0 Å². The van der Waals surface area contributed by atoms with E-state index in [2.05, 4.69) is 9.88 Å². The lowest BCUT2D eigenvalue weighted by molar-refractivity contribution is -0.126. The van der Waals surface area contributed by atoms with Gasteiger partial charge >= 0.3 is 0 Å². The predicted octanol–water partition coefficient (Wildman–Crippen LogP) is 0.463. The zero-order valence-electron chi connectivity index (χ0n) is 9.00. The van der Waals surface area contributed by atoms with Gasteiger partial charge in [0.1, 0.15) is 0 Å². The molecular weight excluding hydrogens is 226 g/mol. The monoisotopic (exact) mass is 241 g/mol. The van der Waals surface area contributed by atoms with Crippen LogP contribution in [0.2, 0.25) is 0 Å². The Morgan fingerprint density at radius 2 is 2.06 bits per heavy atom. The first-order chi connectivity index (χ1) is 7.25. The third kappa shape index (κ3) is 3.18. The summed E-state index contributed by atoms with van der Waals surface area (Å²) in [7, 11) is 0. The highest BCUT2D eigenvalue weighted by atomic mass is 35.5. The van der Waals surface area contributed by atoms with Gasteiger partial charge in [0.05, 0.1) is 5.92 Å². The van der Waals surface area contributed by atoms with E-state index in [1.165, 1.54) is 5.56 Å². The molecule has 88 valence electrons. The first-order valence-electron chi connectivity index (χ1n) is 5.16. The SMILES string of the molecule is Cl.NC(=O)C1CN(CCc2ccncc2)C1. The number of nitrogens with zero attached hydrogens (tertiary/aromatic N) is 2. The predicted molar refractivity (Wildman–Crippen MR) is 64.3 cm³/mol. The van der Waals surface area contributed by atoms with Crippen LogP contribution in [0.4, 0.5) is 0 Å². The van der Waals surface area contributed by atoms with E-state index in [4.69, 9.17) is 5.73 Å². The normalized spacial score (nSPS) is 16.2. The van der Waals surface area contributed by atoms with Gasteiger partial charge in [0, 0.05) is 32.0 Å². The molecule has 1 fully saturated rings. The zero-order chi connectivity index (χ0) is 10.7. The molecule has 2 heterocycles. The Balaban J connectivity index is 0.00000128. The van der Waals surface area contributed by atoms with Gasteiger partial charge in [0.2, 0.25) is 5.91 Å². The van der Waals surface area contributed by atoms with Crippen LogP contribution in [0.15, 0.2) is 24.5 Å². The number of carbonyl (C=O) groups is 1. The number of likely N-dealkylation sites (tertiary alicyclic amines) is 1. The minimum Gasteiger partial charge on any atom is -0.369 e. The molecule has 0 radical (unpaired) electrons. The lowest BCUT2D eigenvalue weighted by atomic mass is 9.99. The number of pyridine rings is 1. The maximum absolute atomic E-state index is 10.8. The van der Waals surface area contributed by atoms with Crippen molar-refractivity contribution in [1.82, 2.24) is 9.88 Å². The standard InChI is InChI=1S/C11H15N3O.ClH/c12-11(15)10-7-14(8-10)6-3-9-1-4-13-5-2-9;/h1-2,4-5,10H,3,6-8H2,(H2,12,15);1H. The van der Waals surface area contributed by atoms with E-state index in [9.17, 15) is 4.79 Å². The topological polar surface area (TPSA) is 59.2 Å². The highest BCUT2D eigenvalue weighted by Gasteiger charge is 2.30. The molecule has 1 aliphatic heterocycles. The van der Waals surface area contributed by atoms with Crippen LogP contribution in [-0.4, -0.2) is 35.4 Å². The molecule has 0 aromatic carbocycles. The third-order valence-electron chi connectivity index (χ3n) is 2.83. The Bertz CT molecular complexity index is 338. The second-order valence-corrected chi connectivity index (χ2v) is 3.96. The van der Waals surface area contributed by atoms with Gasteiger partial charge in [0.15, 0.2) is 0 Å². The van der Waals surface area contributed by atoms with Gasteiger partial charge in [-0.05, 0) is 24.1 Å². The number of nitrogens with two attached hydrogens (primary N) is 1. The molecule has 16 heavy (non-hydrogen) atoms. The van der Waals surface area contributed by atoms with Gasteiger partial charge in [-0.1, -0.05) is 0 Å². The van der Waals surface area contributed by atoms with E-state index in [1.807, 2.05) is 12.1 Å². The number of rotatable bonds is 4. The van der Waals surface area contributed by atoms with E-state index < -0.39 is 0 Å². The molecule has 0 spiro atoms. The van der Waals surface area contributed by atoms with E-state index in [0.29, 0.717) is 0 Å². The molecule has 0 saturated carbocycles. The Morgan fingerprint density at radius 3 is 2.62 bits per heavy atom. The molecule has 0 unspecified atom stereocenters. The van der Waals surface area contributed by atoms with Crippen LogP contribution in [0, 0.1) is 5.92 Å². The fraction of sp³-hybridized carbons (Fsp3) is 0.455. The van der Waals surface area contributed by atoms with E-state index in [0.717, 1.165) is 26.1 Å². The van der Waals surface area contributed by atoms with Crippen LogP contribution < -0.4 is 5.73 Å². The molecule has 0 aliphatic carbocycles. The smallest absolute Gasteiger partial charge is 0.223 e. The summed E-state index contributed by atoms with van der Waals surface area (Å²) in [5, 5.41) is 0. The molecule has 0 atom stereocenters. The van der Waals surface area contributed by atoms with Crippen LogP contribution in [-0.2, 0) is 11.2 Å². The molecule has 1 amide bonds. The summed E-state index contributed by atoms with van der Waals surface area (Å²) in [6, 6.07) is 4.04. The number of amides is 1. The number of aromatic nitrogens is 1. The maximum atomic E-state index is 10.8. The first-order valence-corrected chi connectivity index (χ1v) is 5.16. The number of primary amides is 1. The molecule has 1 saturated heterocycles. The van der Waals surface area contributed by atoms with Crippen molar-refractivity contribution in [2.24, 2.45) is 11.7 Å². The average molecular weight is 242 g/mol. The molecule has 5 heteroatoms. The van der Waals surface area contributed by atoms with Crippen LogP contribution in [0.1, 0.15) is 5.56 Å². The Morgan fingerprint density at radius 1 is 1.44 bits per heavy atom. The number of hydrogen-bond acceptors (Lipinski definition) is 3. The second kappa shape index (κ2) is 5.82. The summed E-state index contributed by atoms with van der Waals surface area (Å²) in [4.78, 5) is 17.0. The molecule has 1 aromatic heterocycles.